The Morgan fingerprint density at radius 3 is 2.74 bits per heavy atom. The van der Waals surface area contributed by atoms with Crippen LogP contribution in [0.1, 0.15) is 18.2 Å². The molecule has 1 aromatic heterocycles. The van der Waals surface area contributed by atoms with Gasteiger partial charge in [-0.25, -0.2) is 0 Å². The minimum absolute atomic E-state index is 0.225. The van der Waals surface area contributed by atoms with E-state index in [1.807, 2.05) is 6.92 Å². The molecule has 0 radical (unpaired) electrons. The quantitative estimate of drug-likeness (QED) is 0.651. The van der Waals surface area contributed by atoms with Crippen molar-refractivity contribution in [3.63, 3.8) is 0 Å². The SMILES string of the molecule is CCOCCOCCOC1(c2cccs2)CC=CS1. The summed E-state index contributed by atoms with van der Waals surface area (Å²) < 4.78 is 16.8. The van der Waals surface area contributed by atoms with Crippen molar-refractivity contribution in [2.75, 3.05) is 33.0 Å². The van der Waals surface area contributed by atoms with Gasteiger partial charge in [-0.1, -0.05) is 23.9 Å². The summed E-state index contributed by atoms with van der Waals surface area (Å²) in [6, 6.07) is 4.21. The normalized spacial score (nSPS) is 22.2. The average Bonchev–Trinajstić information content (AvgIpc) is 3.09. The number of thiophene rings is 1. The van der Waals surface area contributed by atoms with Crippen LogP contribution in [-0.2, 0) is 19.1 Å². The van der Waals surface area contributed by atoms with Gasteiger partial charge in [0.25, 0.3) is 0 Å². The average molecular weight is 300 g/mol. The Balaban J connectivity index is 1.71. The highest BCUT2D eigenvalue weighted by Gasteiger charge is 2.35. The van der Waals surface area contributed by atoms with Crippen LogP contribution in [0.5, 0.6) is 0 Å². The van der Waals surface area contributed by atoms with E-state index in [1.54, 1.807) is 23.1 Å². The monoisotopic (exact) mass is 300 g/mol. The summed E-state index contributed by atoms with van der Waals surface area (Å²) in [5.41, 5.74) is 0. The molecule has 5 heteroatoms. The van der Waals surface area contributed by atoms with Crippen molar-refractivity contribution in [3.8, 4) is 0 Å². The van der Waals surface area contributed by atoms with Gasteiger partial charge in [0.15, 0.2) is 4.93 Å². The zero-order valence-electron chi connectivity index (χ0n) is 11.2. The Hall–Kier alpha value is -0.330. The fourth-order valence-corrected chi connectivity index (χ4v) is 3.87. The maximum Gasteiger partial charge on any atom is 0.155 e. The Labute approximate surface area is 122 Å². The van der Waals surface area contributed by atoms with Gasteiger partial charge in [0, 0.05) is 17.9 Å². The summed E-state index contributed by atoms with van der Waals surface area (Å²) in [6.07, 6.45) is 3.09. The second-order valence-corrected chi connectivity index (χ2v) is 6.20. The summed E-state index contributed by atoms with van der Waals surface area (Å²) in [4.78, 5) is 1.05. The predicted molar refractivity (Wildman–Crippen MR) is 80.6 cm³/mol. The van der Waals surface area contributed by atoms with Crippen LogP contribution in [0.2, 0.25) is 0 Å². The van der Waals surface area contributed by atoms with Crippen molar-refractivity contribution >= 4 is 23.1 Å². The van der Waals surface area contributed by atoms with E-state index in [-0.39, 0.29) is 4.93 Å². The van der Waals surface area contributed by atoms with E-state index in [0.29, 0.717) is 26.4 Å². The molecule has 0 fully saturated rings. The van der Waals surface area contributed by atoms with Crippen LogP contribution in [0.4, 0.5) is 0 Å². The number of ether oxygens (including phenoxy) is 3. The molecule has 0 spiro atoms. The molecule has 0 amide bonds. The molecule has 1 atom stereocenters. The van der Waals surface area contributed by atoms with Crippen LogP contribution in [0.25, 0.3) is 0 Å². The third-order valence-electron chi connectivity index (χ3n) is 2.78. The molecule has 1 unspecified atom stereocenters. The predicted octanol–water partition coefficient (Wildman–Crippen LogP) is 3.62. The molecule has 0 saturated carbocycles. The molecule has 1 aliphatic rings. The Morgan fingerprint density at radius 2 is 2.05 bits per heavy atom. The minimum atomic E-state index is -0.225. The number of thioether (sulfide) groups is 1. The summed E-state index contributed by atoms with van der Waals surface area (Å²) in [7, 11) is 0. The topological polar surface area (TPSA) is 27.7 Å². The summed E-state index contributed by atoms with van der Waals surface area (Å²) in [5.74, 6) is 0. The highest BCUT2D eigenvalue weighted by Crippen LogP contribution is 2.47. The van der Waals surface area contributed by atoms with Gasteiger partial charge in [0.1, 0.15) is 0 Å². The maximum atomic E-state index is 6.09. The molecule has 19 heavy (non-hydrogen) atoms. The Bertz CT molecular complexity index is 368. The molecule has 0 aromatic carbocycles. The first kappa shape index (κ1) is 15.1. The lowest BCUT2D eigenvalue weighted by Crippen LogP contribution is -2.24. The largest absolute Gasteiger partial charge is 0.379 e. The smallest absolute Gasteiger partial charge is 0.155 e. The van der Waals surface area contributed by atoms with Gasteiger partial charge in [-0.2, -0.15) is 0 Å². The van der Waals surface area contributed by atoms with Crippen molar-refractivity contribution in [1.82, 2.24) is 0 Å². The summed E-state index contributed by atoms with van der Waals surface area (Å²) in [5, 5.41) is 4.22. The zero-order chi connectivity index (χ0) is 13.4. The highest BCUT2D eigenvalue weighted by atomic mass is 32.2. The fraction of sp³-hybridized carbons (Fsp3) is 0.571. The number of hydrogen-bond acceptors (Lipinski definition) is 5. The van der Waals surface area contributed by atoms with Gasteiger partial charge in [0.2, 0.25) is 0 Å². The minimum Gasteiger partial charge on any atom is -0.379 e. The van der Waals surface area contributed by atoms with Gasteiger partial charge in [-0.15, -0.1) is 11.3 Å². The summed E-state index contributed by atoms with van der Waals surface area (Å²) in [6.45, 7) is 5.23. The van der Waals surface area contributed by atoms with E-state index < -0.39 is 0 Å². The third kappa shape index (κ3) is 4.33. The molecule has 1 aliphatic heterocycles. The molecule has 0 saturated heterocycles. The van der Waals surface area contributed by atoms with E-state index in [1.165, 1.54) is 4.88 Å². The standard InChI is InChI=1S/C14H20O3S2/c1-2-15-7-8-16-9-10-17-14(6-4-12-19-14)13-5-3-11-18-13/h3-5,11-12H,2,6-10H2,1H3. The molecular weight excluding hydrogens is 280 g/mol. The molecule has 3 nitrogen and oxygen atoms in total. The molecule has 0 bridgehead atoms. The van der Waals surface area contributed by atoms with Gasteiger partial charge >= 0.3 is 0 Å². The molecule has 106 valence electrons. The molecule has 1 aromatic rings. The van der Waals surface area contributed by atoms with E-state index in [4.69, 9.17) is 14.2 Å². The van der Waals surface area contributed by atoms with Crippen molar-refractivity contribution < 1.29 is 14.2 Å². The number of hydrogen-bond donors (Lipinski definition) is 0. The van der Waals surface area contributed by atoms with Gasteiger partial charge in [-0.3, -0.25) is 0 Å². The lowest BCUT2D eigenvalue weighted by atomic mass is 10.2. The van der Waals surface area contributed by atoms with Gasteiger partial charge in [0.05, 0.1) is 26.4 Å². The van der Waals surface area contributed by atoms with Gasteiger partial charge < -0.3 is 14.2 Å². The molecule has 2 heterocycles. The van der Waals surface area contributed by atoms with E-state index in [9.17, 15) is 0 Å². The molecule has 2 rings (SSSR count). The third-order valence-corrected chi connectivity index (χ3v) is 5.13. The van der Waals surface area contributed by atoms with Crippen LogP contribution in [-0.4, -0.2) is 33.0 Å². The van der Waals surface area contributed by atoms with Crippen LogP contribution in [0.3, 0.4) is 0 Å². The Morgan fingerprint density at radius 1 is 1.21 bits per heavy atom. The van der Waals surface area contributed by atoms with Crippen molar-refractivity contribution in [1.29, 1.82) is 0 Å². The molecule has 0 N–H and O–H groups in total. The Kier molecular flexibility index (Phi) is 6.40. The van der Waals surface area contributed by atoms with Crippen LogP contribution < -0.4 is 0 Å². The van der Waals surface area contributed by atoms with Crippen molar-refractivity contribution in [2.45, 2.75) is 18.3 Å². The lowest BCUT2D eigenvalue weighted by Gasteiger charge is -2.27. The fourth-order valence-electron chi connectivity index (χ4n) is 1.86. The first-order valence-corrected chi connectivity index (χ1v) is 8.29. The van der Waals surface area contributed by atoms with Gasteiger partial charge in [-0.05, 0) is 23.8 Å². The zero-order valence-corrected chi connectivity index (χ0v) is 12.8. The van der Waals surface area contributed by atoms with Crippen molar-refractivity contribution in [3.05, 3.63) is 33.9 Å². The lowest BCUT2D eigenvalue weighted by molar-refractivity contribution is -0.0229. The van der Waals surface area contributed by atoms with E-state index in [2.05, 4.69) is 29.0 Å². The van der Waals surface area contributed by atoms with Crippen LogP contribution in [0.15, 0.2) is 29.0 Å². The van der Waals surface area contributed by atoms with Crippen molar-refractivity contribution in [2.24, 2.45) is 0 Å². The van der Waals surface area contributed by atoms with Crippen LogP contribution in [0, 0.1) is 0 Å². The van der Waals surface area contributed by atoms with Crippen LogP contribution >= 0.6 is 23.1 Å². The van der Waals surface area contributed by atoms with E-state index >= 15 is 0 Å². The molecular formula is C14H20O3S2. The maximum absolute atomic E-state index is 6.09. The molecule has 0 aliphatic carbocycles. The van der Waals surface area contributed by atoms with E-state index in [0.717, 1.165) is 13.0 Å². The first-order chi connectivity index (χ1) is 9.37. The summed E-state index contributed by atoms with van der Waals surface area (Å²) >= 11 is 3.49. The second-order valence-electron chi connectivity index (χ2n) is 4.08. The number of rotatable bonds is 9. The highest BCUT2D eigenvalue weighted by molar-refractivity contribution is 8.03. The first-order valence-electron chi connectivity index (χ1n) is 6.53. The second kappa shape index (κ2) is 8.07.